The van der Waals surface area contributed by atoms with Crippen LogP contribution in [0.2, 0.25) is 0 Å². The maximum absolute atomic E-state index is 5.84. The smallest absolute Gasteiger partial charge is 0.0562 e. The van der Waals surface area contributed by atoms with E-state index in [2.05, 4.69) is 39.8 Å². The molecule has 4 rings (SSSR count). The molecule has 2 aliphatic rings. The normalized spacial score (nSPS) is 21.2. The summed E-state index contributed by atoms with van der Waals surface area (Å²) in [7, 11) is 0. The van der Waals surface area contributed by atoms with Crippen molar-refractivity contribution in [1.29, 1.82) is 0 Å². The van der Waals surface area contributed by atoms with Crippen molar-refractivity contribution >= 4 is 0 Å². The summed E-state index contributed by atoms with van der Waals surface area (Å²) >= 11 is 0. The fraction of sp³-hybridized carbons (Fsp3) is 0.619. The molecule has 0 bridgehead atoms. The van der Waals surface area contributed by atoms with Gasteiger partial charge in [0.2, 0.25) is 0 Å². The molecule has 5 nitrogen and oxygen atoms in total. The van der Waals surface area contributed by atoms with E-state index in [9.17, 15) is 0 Å². The Balaban J connectivity index is 1.52. The second-order valence-electron chi connectivity index (χ2n) is 7.77. The Morgan fingerprint density at radius 1 is 1.19 bits per heavy atom. The van der Waals surface area contributed by atoms with E-state index >= 15 is 0 Å². The Hall–Kier alpha value is -1.72. The Morgan fingerprint density at radius 2 is 2.00 bits per heavy atom. The highest BCUT2D eigenvalue weighted by molar-refractivity contribution is 5.26. The van der Waals surface area contributed by atoms with Crippen LogP contribution in [0.25, 0.3) is 0 Å². The first-order valence-corrected chi connectivity index (χ1v) is 10.1. The van der Waals surface area contributed by atoms with E-state index in [4.69, 9.17) is 9.84 Å². The third kappa shape index (κ3) is 3.99. The number of ether oxygens (including phenoxy) is 1. The minimum atomic E-state index is 0.407. The molecular formula is C21H30N4O. The molecule has 1 saturated carbocycles. The molecule has 2 aromatic heterocycles. The van der Waals surface area contributed by atoms with Crippen molar-refractivity contribution in [2.45, 2.75) is 58.2 Å². The molecule has 1 atom stereocenters. The zero-order chi connectivity index (χ0) is 17.8. The van der Waals surface area contributed by atoms with Gasteiger partial charge >= 0.3 is 0 Å². The van der Waals surface area contributed by atoms with Gasteiger partial charge in [-0.05, 0) is 43.4 Å². The highest BCUT2D eigenvalue weighted by Crippen LogP contribution is 2.32. The van der Waals surface area contributed by atoms with Crippen molar-refractivity contribution in [2.24, 2.45) is 5.92 Å². The fourth-order valence-electron chi connectivity index (χ4n) is 4.57. The van der Waals surface area contributed by atoms with Crippen molar-refractivity contribution in [3.63, 3.8) is 0 Å². The number of fused-ring (bicyclic) bond motifs is 1. The van der Waals surface area contributed by atoms with Gasteiger partial charge in [-0.15, -0.1) is 0 Å². The van der Waals surface area contributed by atoms with Gasteiger partial charge in [-0.3, -0.25) is 14.6 Å². The molecule has 5 heteroatoms. The molecule has 1 fully saturated rings. The average molecular weight is 354 g/mol. The van der Waals surface area contributed by atoms with E-state index in [-0.39, 0.29) is 0 Å². The second kappa shape index (κ2) is 8.31. The topological polar surface area (TPSA) is 43.2 Å². The molecule has 2 aromatic rings. The largest absolute Gasteiger partial charge is 0.381 e. The summed E-state index contributed by atoms with van der Waals surface area (Å²) in [5, 5.41) is 4.79. The van der Waals surface area contributed by atoms with Crippen LogP contribution in [0.4, 0.5) is 0 Å². The first-order chi connectivity index (χ1) is 12.8. The van der Waals surface area contributed by atoms with Crippen LogP contribution < -0.4 is 0 Å². The highest BCUT2D eigenvalue weighted by atomic mass is 16.5. The van der Waals surface area contributed by atoms with Crippen molar-refractivity contribution in [1.82, 2.24) is 19.7 Å². The molecule has 0 aromatic carbocycles. The molecule has 0 saturated heterocycles. The van der Waals surface area contributed by atoms with E-state index in [0.29, 0.717) is 5.92 Å². The lowest BCUT2D eigenvalue weighted by molar-refractivity contribution is 0.101. The maximum Gasteiger partial charge on any atom is 0.0562 e. The SMILES string of the molecule is CCOC[C@H]1CN(Cc2ccncc2)Cc2cnn(CC3CCCC3)c21. The molecule has 26 heavy (non-hydrogen) atoms. The van der Waals surface area contributed by atoms with E-state index < -0.39 is 0 Å². The van der Waals surface area contributed by atoms with E-state index in [1.807, 2.05) is 12.4 Å². The highest BCUT2D eigenvalue weighted by Gasteiger charge is 2.30. The van der Waals surface area contributed by atoms with Crippen LogP contribution in [-0.4, -0.2) is 39.4 Å². The average Bonchev–Trinajstić information content (AvgIpc) is 3.31. The number of aromatic nitrogens is 3. The van der Waals surface area contributed by atoms with Gasteiger partial charge in [0.05, 0.1) is 12.8 Å². The molecule has 3 heterocycles. The number of pyridine rings is 1. The minimum Gasteiger partial charge on any atom is -0.381 e. The summed E-state index contributed by atoms with van der Waals surface area (Å²) in [6, 6.07) is 4.22. The monoisotopic (exact) mass is 354 g/mol. The quantitative estimate of drug-likeness (QED) is 0.762. The van der Waals surface area contributed by atoms with Crippen molar-refractivity contribution in [2.75, 3.05) is 19.8 Å². The molecule has 1 aliphatic heterocycles. The van der Waals surface area contributed by atoms with Crippen LogP contribution in [0.15, 0.2) is 30.7 Å². The van der Waals surface area contributed by atoms with Gasteiger partial charge in [0, 0.05) is 62.4 Å². The van der Waals surface area contributed by atoms with Crippen LogP contribution in [0.5, 0.6) is 0 Å². The summed E-state index contributed by atoms with van der Waals surface area (Å²) in [6.45, 7) is 7.69. The predicted molar refractivity (Wildman–Crippen MR) is 102 cm³/mol. The molecule has 0 radical (unpaired) electrons. The van der Waals surface area contributed by atoms with Crippen molar-refractivity contribution in [3.05, 3.63) is 47.5 Å². The summed E-state index contributed by atoms with van der Waals surface area (Å²) in [5.74, 6) is 1.21. The third-order valence-corrected chi connectivity index (χ3v) is 5.80. The zero-order valence-electron chi connectivity index (χ0n) is 15.8. The fourth-order valence-corrected chi connectivity index (χ4v) is 4.57. The van der Waals surface area contributed by atoms with Gasteiger partial charge < -0.3 is 4.74 Å². The number of hydrogen-bond acceptors (Lipinski definition) is 4. The van der Waals surface area contributed by atoms with Gasteiger partial charge in [0.1, 0.15) is 0 Å². The molecule has 140 valence electrons. The van der Waals surface area contributed by atoms with Crippen LogP contribution in [-0.2, 0) is 24.4 Å². The molecule has 0 amide bonds. The summed E-state index contributed by atoms with van der Waals surface area (Å²) in [6.07, 6.45) is 11.3. The lowest BCUT2D eigenvalue weighted by Gasteiger charge is -2.33. The lowest BCUT2D eigenvalue weighted by atomic mass is 9.96. The molecule has 0 unspecified atom stereocenters. The zero-order valence-corrected chi connectivity index (χ0v) is 15.8. The standard InChI is InChI=1S/C21H30N4O/c1-2-26-16-20-15-24(12-18-7-9-22-10-8-18)14-19-11-23-25(21(19)20)13-17-5-3-4-6-17/h7-11,17,20H,2-6,12-16H2,1H3/t20-/m1/s1. The van der Waals surface area contributed by atoms with Crippen LogP contribution >= 0.6 is 0 Å². The molecule has 0 spiro atoms. The Morgan fingerprint density at radius 3 is 2.77 bits per heavy atom. The number of rotatable bonds is 7. The van der Waals surface area contributed by atoms with Gasteiger partial charge in [-0.1, -0.05) is 12.8 Å². The lowest BCUT2D eigenvalue weighted by Crippen LogP contribution is -2.36. The summed E-state index contributed by atoms with van der Waals surface area (Å²) in [5.41, 5.74) is 4.13. The Kier molecular flexibility index (Phi) is 5.65. The molecular weight excluding hydrogens is 324 g/mol. The second-order valence-corrected chi connectivity index (χ2v) is 7.77. The molecule has 0 N–H and O–H groups in total. The minimum absolute atomic E-state index is 0.407. The predicted octanol–water partition coefficient (Wildman–Crippen LogP) is 3.60. The first kappa shape index (κ1) is 17.7. The van der Waals surface area contributed by atoms with Crippen molar-refractivity contribution < 1.29 is 4.74 Å². The molecule has 1 aliphatic carbocycles. The Bertz CT molecular complexity index is 693. The summed E-state index contributed by atoms with van der Waals surface area (Å²) < 4.78 is 8.15. The van der Waals surface area contributed by atoms with E-state index in [1.54, 1.807) is 0 Å². The third-order valence-electron chi connectivity index (χ3n) is 5.80. The number of hydrogen-bond donors (Lipinski definition) is 0. The summed E-state index contributed by atoms with van der Waals surface area (Å²) in [4.78, 5) is 6.65. The first-order valence-electron chi connectivity index (χ1n) is 10.1. The van der Waals surface area contributed by atoms with Crippen LogP contribution in [0.3, 0.4) is 0 Å². The van der Waals surface area contributed by atoms with Gasteiger partial charge in [-0.25, -0.2) is 0 Å². The number of nitrogens with zero attached hydrogens (tertiary/aromatic N) is 4. The maximum atomic E-state index is 5.84. The van der Waals surface area contributed by atoms with Gasteiger partial charge in [-0.2, -0.15) is 5.10 Å². The van der Waals surface area contributed by atoms with E-state index in [0.717, 1.165) is 45.3 Å². The van der Waals surface area contributed by atoms with E-state index in [1.165, 1.54) is 42.5 Å². The van der Waals surface area contributed by atoms with Crippen LogP contribution in [0, 0.1) is 5.92 Å². The van der Waals surface area contributed by atoms with Crippen LogP contribution in [0.1, 0.15) is 55.3 Å². The van der Waals surface area contributed by atoms with Gasteiger partial charge in [0.25, 0.3) is 0 Å². The Labute approximate surface area is 156 Å². The van der Waals surface area contributed by atoms with Gasteiger partial charge in [0.15, 0.2) is 0 Å². The van der Waals surface area contributed by atoms with Crippen molar-refractivity contribution in [3.8, 4) is 0 Å².